The quantitative estimate of drug-likeness (QED) is 0.830. The van der Waals surface area contributed by atoms with Crippen molar-refractivity contribution in [2.24, 2.45) is 5.92 Å². The van der Waals surface area contributed by atoms with Gasteiger partial charge in [-0.1, -0.05) is 0 Å². The highest BCUT2D eigenvalue weighted by molar-refractivity contribution is 7.89. The van der Waals surface area contributed by atoms with Gasteiger partial charge in [0.2, 0.25) is 10.0 Å². The van der Waals surface area contributed by atoms with Crippen molar-refractivity contribution in [3.05, 3.63) is 17.7 Å². The molecule has 0 saturated carbocycles. The molecule has 0 aliphatic carbocycles. The summed E-state index contributed by atoms with van der Waals surface area (Å²) in [5.41, 5.74) is 0.904. The lowest BCUT2D eigenvalue weighted by molar-refractivity contribution is -0.142. The van der Waals surface area contributed by atoms with Crippen molar-refractivity contribution in [3.63, 3.8) is 0 Å². The van der Waals surface area contributed by atoms with E-state index in [0.29, 0.717) is 36.4 Å². The number of amides is 1. The zero-order chi connectivity index (χ0) is 17.5. The Labute approximate surface area is 139 Å². The van der Waals surface area contributed by atoms with Crippen molar-refractivity contribution in [1.29, 1.82) is 0 Å². The van der Waals surface area contributed by atoms with Crippen LogP contribution in [0.4, 0.5) is 5.69 Å². The summed E-state index contributed by atoms with van der Waals surface area (Å²) in [6.45, 7) is 1.72. The molecular formula is C15H18N2O6S. The SMILES string of the molecule is Cc1cc2c(cc1S(=O)(=O)N1CCC[C@@H](C(=O)O)C1)OCC(=O)N2. The smallest absolute Gasteiger partial charge is 0.307 e. The number of carboxylic acids is 1. The number of anilines is 1. The van der Waals surface area contributed by atoms with Gasteiger partial charge in [-0.15, -0.1) is 0 Å². The fourth-order valence-corrected chi connectivity index (χ4v) is 4.74. The van der Waals surface area contributed by atoms with Crippen molar-refractivity contribution in [3.8, 4) is 5.75 Å². The number of carboxylic acid groups (broad SMARTS) is 1. The molecule has 2 N–H and O–H groups in total. The number of carbonyl (C=O) groups excluding carboxylic acids is 1. The van der Waals surface area contributed by atoms with E-state index >= 15 is 0 Å². The first-order chi connectivity index (χ1) is 11.3. The van der Waals surface area contributed by atoms with E-state index in [1.807, 2.05) is 0 Å². The van der Waals surface area contributed by atoms with E-state index in [2.05, 4.69) is 5.32 Å². The summed E-state index contributed by atoms with van der Waals surface area (Å²) >= 11 is 0. The molecule has 1 atom stereocenters. The van der Waals surface area contributed by atoms with Crippen LogP contribution in [-0.2, 0) is 19.6 Å². The molecule has 1 saturated heterocycles. The number of rotatable bonds is 3. The van der Waals surface area contributed by atoms with Crippen LogP contribution in [0.1, 0.15) is 18.4 Å². The number of hydrogen-bond donors (Lipinski definition) is 2. The van der Waals surface area contributed by atoms with Crippen LogP contribution >= 0.6 is 0 Å². The fourth-order valence-electron chi connectivity index (χ4n) is 3.00. The number of nitrogens with one attached hydrogen (secondary N) is 1. The van der Waals surface area contributed by atoms with Crippen molar-refractivity contribution in [2.75, 3.05) is 25.0 Å². The number of aryl methyl sites for hydroxylation is 1. The van der Waals surface area contributed by atoms with E-state index < -0.39 is 21.9 Å². The number of hydrogen-bond acceptors (Lipinski definition) is 5. The molecule has 1 amide bonds. The first-order valence-electron chi connectivity index (χ1n) is 7.59. The van der Waals surface area contributed by atoms with Crippen molar-refractivity contribution < 1.29 is 27.9 Å². The van der Waals surface area contributed by atoms with Crippen LogP contribution in [0.3, 0.4) is 0 Å². The molecule has 24 heavy (non-hydrogen) atoms. The Balaban J connectivity index is 1.95. The second-order valence-electron chi connectivity index (χ2n) is 5.99. The first kappa shape index (κ1) is 16.7. The minimum Gasteiger partial charge on any atom is -0.482 e. The summed E-state index contributed by atoms with van der Waals surface area (Å²) in [5, 5.41) is 11.8. The van der Waals surface area contributed by atoms with Gasteiger partial charge in [-0.05, 0) is 31.4 Å². The average molecular weight is 354 g/mol. The normalized spacial score (nSPS) is 21.5. The van der Waals surface area contributed by atoms with E-state index in [1.54, 1.807) is 13.0 Å². The Morgan fingerprint density at radius 1 is 1.42 bits per heavy atom. The molecule has 2 heterocycles. The molecule has 0 unspecified atom stereocenters. The number of aliphatic carboxylic acids is 1. The zero-order valence-corrected chi connectivity index (χ0v) is 13.9. The van der Waals surface area contributed by atoms with Gasteiger partial charge in [0.25, 0.3) is 5.91 Å². The third-order valence-electron chi connectivity index (χ3n) is 4.26. The number of benzene rings is 1. The van der Waals surface area contributed by atoms with Gasteiger partial charge in [-0.3, -0.25) is 9.59 Å². The molecule has 1 aromatic carbocycles. The Morgan fingerprint density at radius 3 is 2.88 bits per heavy atom. The van der Waals surface area contributed by atoms with E-state index in [0.717, 1.165) is 0 Å². The topological polar surface area (TPSA) is 113 Å². The van der Waals surface area contributed by atoms with E-state index in [-0.39, 0.29) is 24.0 Å². The number of sulfonamides is 1. The van der Waals surface area contributed by atoms with Gasteiger partial charge in [0.15, 0.2) is 6.61 Å². The molecule has 2 aliphatic heterocycles. The van der Waals surface area contributed by atoms with Gasteiger partial charge in [-0.25, -0.2) is 8.42 Å². The number of fused-ring (bicyclic) bond motifs is 1. The Kier molecular flexibility index (Phi) is 4.22. The third-order valence-corrected chi connectivity index (χ3v) is 6.27. The molecule has 130 valence electrons. The van der Waals surface area contributed by atoms with Crippen LogP contribution in [0.15, 0.2) is 17.0 Å². The van der Waals surface area contributed by atoms with Crippen LogP contribution in [0, 0.1) is 12.8 Å². The van der Waals surface area contributed by atoms with Gasteiger partial charge >= 0.3 is 5.97 Å². The summed E-state index contributed by atoms with van der Waals surface area (Å²) < 4.78 is 32.3. The summed E-state index contributed by atoms with van der Waals surface area (Å²) in [6.07, 6.45) is 0.979. The van der Waals surface area contributed by atoms with Crippen molar-refractivity contribution in [2.45, 2.75) is 24.7 Å². The average Bonchev–Trinajstić information content (AvgIpc) is 2.54. The summed E-state index contributed by atoms with van der Waals surface area (Å²) in [7, 11) is -3.83. The standard InChI is InChI=1S/C15H18N2O6S/c1-9-5-11-12(23-8-14(18)16-11)6-13(9)24(21,22)17-4-2-3-10(7-17)15(19)20/h5-6,10H,2-4,7-8H2,1H3,(H,16,18)(H,19,20)/t10-/m1/s1. The summed E-state index contributed by atoms with van der Waals surface area (Å²) in [4.78, 5) is 22.6. The monoisotopic (exact) mass is 354 g/mol. The lowest BCUT2D eigenvalue weighted by Crippen LogP contribution is -2.42. The number of ether oxygens (including phenoxy) is 1. The van der Waals surface area contributed by atoms with Crippen LogP contribution in [0.25, 0.3) is 0 Å². The predicted molar refractivity (Wildman–Crippen MR) is 84.4 cm³/mol. The lowest BCUT2D eigenvalue weighted by Gasteiger charge is -2.30. The maximum atomic E-state index is 12.9. The number of piperidine rings is 1. The molecule has 2 aliphatic rings. The Morgan fingerprint density at radius 2 is 2.17 bits per heavy atom. The van der Waals surface area contributed by atoms with Gasteiger partial charge < -0.3 is 15.2 Å². The minimum atomic E-state index is -3.83. The van der Waals surface area contributed by atoms with Gasteiger partial charge in [0, 0.05) is 19.2 Å². The van der Waals surface area contributed by atoms with Gasteiger partial charge in [0.05, 0.1) is 16.5 Å². The molecule has 0 radical (unpaired) electrons. The van der Waals surface area contributed by atoms with Crippen molar-refractivity contribution in [1.82, 2.24) is 4.31 Å². The molecule has 8 nitrogen and oxygen atoms in total. The lowest BCUT2D eigenvalue weighted by atomic mass is 10.0. The number of nitrogens with zero attached hydrogens (tertiary/aromatic N) is 1. The zero-order valence-electron chi connectivity index (χ0n) is 13.1. The van der Waals surface area contributed by atoms with Crippen LogP contribution in [-0.4, -0.2) is 49.4 Å². The first-order valence-corrected chi connectivity index (χ1v) is 9.03. The highest BCUT2D eigenvalue weighted by Crippen LogP contribution is 2.35. The molecule has 0 aromatic heterocycles. The summed E-state index contributed by atoms with van der Waals surface area (Å²) in [5.74, 6) is -1.67. The van der Waals surface area contributed by atoms with E-state index in [1.165, 1.54) is 10.4 Å². The van der Waals surface area contributed by atoms with Gasteiger partial charge in [0.1, 0.15) is 5.75 Å². The van der Waals surface area contributed by atoms with Crippen molar-refractivity contribution >= 4 is 27.6 Å². The predicted octanol–water partition coefficient (Wildman–Crippen LogP) is 0.811. The van der Waals surface area contributed by atoms with Crippen LogP contribution in [0.2, 0.25) is 0 Å². The van der Waals surface area contributed by atoms with Crippen LogP contribution in [0.5, 0.6) is 5.75 Å². The molecule has 1 aromatic rings. The van der Waals surface area contributed by atoms with E-state index in [9.17, 15) is 18.0 Å². The largest absolute Gasteiger partial charge is 0.482 e. The number of carbonyl (C=O) groups is 2. The highest BCUT2D eigenvalue weighted by Gasteiger charge is 2.34. The molecule has 9 heteroatoms. The third kappa shape index (κ3) is 2.96. The second-order valence-corrected chi connectivity index (χ2v) is 7.90. The maximum Gasteiger partial charge on any atom is 0.307 e. The molecule has 1 fully saturated rings. The summed E-state index contributed by atoms with van der Waals surface area (Å²) in [6, 6.07) is 2.95. The highest BCUT2D eigenvalue weighted by atomic mass is 32.2. The van der Waals surface area contributed by atoms with Crippen LogP contribution < -0.4 is 10.1 Å². The Hall–Kier alpha value is -2.13. The molecule has 0 spiro atoms. The maximum absolute atomic E-state index is 12.9. The molecular weight excluding hydrogens is 336 g/mol. The molecule has 3 rings (SSSR count). The van der Waals surface area contributed by atoms with Gasteiger partial charge in [-0.2, -0.15) is 4.31 Å². The Bertz CT molecular complexity index is 804. The minimum absolute atomic E-state index is 0.0359. The molecule has 0 bridgehead atoms. The van der Waals surface area contributed by atoms with E-state index in [4.69, 9.17) is 9.84 Å². The second kappa shape index (κ2) is 6.06. The fraction of sp³-hybridized carbons (Fsp3) is 0.467.